The molecule has 0 bridgehead atoms. The summed E-state index contributed by atoms with van der Waals surface area (Å²) < 4.78 is 0. The monoisotopic (exact) mass is 254 g/mol. The fourth-order valence-electron chi connectivity index (χ4n) is 2.64. The third-order valence-corrected chi connectivity index (χ3v) is 4.26. The molecule has 2 fully saturated rings. The normalized spacial score (nSPS) is 25.7. The number of nitrogens with zero attached hydrogens (tertiary/aromatic N) is 2. The third-order valence-electron chi connectivity index (χ3n) is 4.26. The molecule has 2 atom stereocenters. The fourth-order valence-corrected chi connectivity index (χ4v) is 2.64. The first-order valence-corrected chi connectivity index (χ1v) is 6.75. The SMILES string of the molecule is CC(C1CC1)N(C)C(=O)N1CCCC(C(=O)O)C1. The Morgan fingerprint density at radius 2 is 2.00 bits per heavy atom. The van der Waals surface area contributed by atoms with Crippen molar-refractivity contribution in [1.82, 2.24) is 9.80 Å². The highest BCUT2D eigenvalue weighted by Gasteiger charge is 2.35. The quantitative estimate of drug-likeness (QED) is 0.832. The van der Waals surface area contributed by atoms with Crippen molar-refractivity contribution in [2.24, 2.45) is 11.8 Å². The van der Waals surface area contributed by atoms with Crippen LogP contribution in [0, 0.1) is 11.8 Å². The smallest absolute Gasteiger partial charge is 0.320 e. The van der Waals surface area contributed by atoms with Gasteiger partial charge in [-0.1, -0.05) is 0 Å². The number of hydrogen-bond acceptors (Lipinski definition) is 2. The predicted octanol–water partition coefficient (Wildman–Crippen LogP) is 1.63. The molecule has 0 radical (unpaired) electrons. The number of aliphatic carboxylic acids is 1. The van der Waals surface area contributed by atoms with Gasteiger partial charge in [0.1, 0.15) is 0 Å². The summed E-state index contributed by atoms with van der Waals surface area (Å²) in [5.41, 5.74) is 0. The molecule has 1 heterocycles. The number of carboxylic acid groups (broad SMARTS) is 1. The van der Waals surface area contributed by atoms with Gasteiger partial charge >= 0.3 is 12.0 Å². The number of carbonyl (C=O) groups is 2. The molecule has 1 aliphatic heterocycles. The highest BCUT2D eigenvalue weighted by molar-refractivity contribution is 5.76. The molecule has 2 aliphatic rings. The summed E-state index contributed by atoms with van der Waals surface area (Å²) in [7, 11) is 1.83. The van der Waals surface area contributed by atoms with E-state index in [9.17, 15) is 9.59 Å². The first-order valence-electron chi connectivity index (χ1n) is 6.75. The van der Waals surface area contributed by atoms with Gasteiger partial charge in [0.2, 0.25) is 0 Å². The van der Waals surface area contributed by atoms with Gasteiger partial charge in [0.25, 0.3) is 0 Å². The molecular weight excluding hydrogens is 232 g/mol. The van der Waals surface area contributed by atoms with Crippen LogP contribution in [0.3, 0.4) is 0 Å². The van der Waals surface area contributed by atoms with Gasteiger partial charge in [-0.2, -0.15) is 0 Å². The highest BCUT2D eigenvalue weighted by Crippen LogP contribution is 2.35. The van der Waals surface area contributed by atoms with Crippen LogP contribution >= 0.6 is 0 Å². The fraction of sp³-hybridized carbons (Fsp3) is 0.846. The third kappa shape index (κ3) is 2.76. The molecule has 102 valence electrons. The van der Waals surface area contributed by atoms with Crippen LogP contribution < -0.4 is 0 Å². The molecule has 0 spiro atoms. The topological polar surface area (TPSA) is 60.9 Å². The number of hydrogen-bond donors (Lipinski definition) is 1. The molecule has 2 amide bonds. The summed E-state index contributed by atoms with van der Waals surface area (Å²) in [6.45, 7) is 3.12. The van der Waals surface area contributed by atoms with Gasteiger partial charge in [0, 0.05) is 26.2 Å². The van der Waals surface area contributed by atoms with E-state index >= 15 is 0 Å². The molecule has 0 aromatic heterocycles. The zero-order chi connectivity index (χ0) is 13.3. The largest absolute Gasteiger partial charge is 0.481 e. The van der Waals surface area contributed by atoms with Crippen molar-refractivity contribution < 1.29 is 14.7 Å². The Morgan fingerprint density at radius 3 is 2.56 bits per heavy atom. The number of urea groups is 1. The molecule has 5 heteroatoms. The molecule has 0 aromatic rings. The van der Waals surface area contributed by atoms with E-state index in [1.165, 1.54) is 12.8 Å². The van der Waals surface area contributed by atoms with Crippen LogP contribution in [0.5, 0.6) is 0 Å². The zero-order valence-electron chi connectivity index (χ0n) is 11.1. The summed E-state index contributed by atoms with van der Waals surface area (Å²) in [5.74, 6) is -0.545. The molecule has 1 aliphatic carbocycles. The van der Waals surface area contributed by atoms with E-state index in [-0.39, 0.29) is 12.1 Å². The minimum absolute atomic E-state index is 0.0136. The summed E-state index contributed by atoms with van der Waals surface area (Å²) in [6, 6.07) is 0.253. The molecule has 1 saturated carbocycles. The molecule has 1 saturated heterocycles. The second kappa shape index (κ2) is 5.16. The molecule has 2 rings (SSSR count). The maximum atomic E-state index is 12.3. The lowest BCUT2D eigenvalue weighted by atomic mass is 9.98. The van der Waals surface area contributed by atoms with Crippen LogP contribution in [0.15, 0.2) is 0 Å². The van der Waals surface area contributed by atoms with Crippen molar-refractivity contribution in [3.8, 4) is 0 Å². The lowest BCUT2D eigenvalue weighted by molar-refractivity contribution is -0.143. The van der Waals surface area contributed by atoms with Crippen molar-refractivity contribution in [2.45, 2.75) is 38.6 Å². The number of likely N-dealkylation sites (tertiary alicyclic amines) is 1. The molecule has 2 unspecified atom stereocenters. The van der Waals surface area contributed by atoms with Crippen molar-refractivity contribution in [3.05, 3.63) is 0 Å². The first kappa shape index (κ1) is 13.2. The Labute approximate surface area is 108 Å². The summed E-state index contributed by atoms with van der Waals surface area (Å²) >= 11 is 0. The Hall–Kier alpha value is -1.26. The van der Waals surface area contributed by atoms with E-state index in [4.69, 9.17) is 5.11 Å². The van der Waals surface area contributed by atoms with Crippen molar-refractivity contribution in [2.75, 3.05) is 20.1 Å². The molecule has 0 aromatic carbocycles. The Kier molecular flexibility index (Phi) is 3.78. The van der Waals surface area contributed by atoms with E-state index in [1.54, 1.807) is 9.80 Å². The van der Waals surface area contributed by atoms with Crippen LogP contribution in [0.2, 0.25) is 0 Å². The maximum Gasteiger partial charge on any atom is 0.320 e. The maximum absolute atomic E-state index is 12.3. The average molecular weight is 254 g/mol. The minimum Gasteiger partial charge on any atom is -0.481 e. The molecule has 5 nitrogen and oxygen atoms in total. The van der Waals surface area contributed by atoms with Gasteiger partial charge in [0.15, 0.2) is 0 Å². The van der Waals surface area contributed by atoms with Gasteiger partial charge in [-0.25, -0.2) is 4.79 Å². The van der Waals surface area contributed by atoms with Gasteiger partial charge < -0.3 is 14.9 Å². The summed E-state index contributed by atoms with van der Waals surface area (Å²) in [6.07, 6.45) is 3.88. The van der Waals surface area contributed by atoms with E-state index in [0.717, 1.165) is 6.42 Å². The molecule has 1 N–H and O–H groups in total. The lowest BCUT2D eigenvalue weighted by Gasteiger charge is -2.36. The van der Waals surface area contributed by atoms with Crippen molar-refractivity contribution in [3.63, 3.8) is 0 Å². The van der Waals surface area contributed by atoms with Gasteiger partial charge in [0.05, 0.1) is 5.92 Å². The lowest BCUT2D eigenvalue weighted by Crippen LogP contribution is -2.50. The number of carbonyl (C=O) groups excluding carboxylic acids is 1. The number of piperidine rings is 1. The van der Waals surface area contributed by atoms with E-state index in [2.05, 4.69) is 6.92 Å². The number of amides is 2. The van der Waals surface area contributed by atoms with Crippen molar-refractivity contribution >= 4 is 12.0 Å². The Balaban J connectivity index is 1.93. The van der Waals surface area contributed by atoms with Crippen LogP contribution in [0.1, 0.15) is 32.6 Å². The second-order valence-corrected chi connectivity index (χ2v) is 5.59. The van der Waals surface area contributed by atoms with Crippen LogP contribution in [0.4, 0.5) is 4.79 Å². The minimum atomic E-state index is -0.787. The van der Waals surface area contributed by atoms with Crippen molar-refractivity contribution in [1.29, 1.82) is 0 Å². The Morgan fingerprint density at radius 1 is 1.33 bits per heavy atom. The zero-order valence-corrected chi connectivity index (χ0v) is 11.1. The van der Waals surface area contributed by atoms with E-state index in [1.807, 2.05) is 7.05 Å². The van der Waals surface area contributed by atoms with E-state index < -0.39 is 11.9 Å². The van der Waals surface area contributed by atoms with E-state index in [0.29, 0.717) is 25.4 Å². The summed E-state index contributed by atoms with van der Waals surface area (Å²) in [4.78, 5) is 26.8. The van der Waals surface area contributed by atoms with Gasteiger partial charge in [-0.3, -0.25) is 4.79 Å². The molecular formula is C13H22N2O3. The second-order valence-electron chi connectivity index (χ2n) is 5.59. The van der Waals surface area contributed by atoms with Gasteiger partial charge in [-0.05, 0) is 38.5 Å². The first-order chi connectivity index (χ1) is 8.50. The molecule has 18 heavy (non-hydrogen) atoms. The van der Waals surface area contributed by atoms with Gasteiger partial charge in [-0.15, -0.1) is 0 Å². The highest BCUT2D eigenvalue weighted by atomic mass is 16.4. The average Bonchev–Trinajstić information content (AvgIpc) is 3.20. The van der Waals surface area contributed by atoms with Crippen LogP contribution in [0.25, 0.3) is 0 Å². The predicted molar refractivity (Wildman–Crippen MR) is 67.3 cm³/mol. The van der Waals surface area contributed by atoms with Crippen LogP contribution in [-0.4, -0.2) is 53.1 Å². The number of rotatable bonds is 3. The van der Waals surface area contributed by atoms with Crippen LogP contribution in [-0.2, 0) is 4.79 Å². The summed E-state index contributed by atoms with van der Waals surface area (Å²) in [5, 5.41) is 9.03. The standard InChI is InChI=1S/C13H22N2O3/c1-9(10-5-6-10)14(2)13(18)15-7-3-4-11(8-15)12(16)17/h9-11H,3-8H2,1-2H3,(H,16,17). The number of carboxylic acids is 1. The Bertz CT molecular complexity index is 341.